The van der Waals surface area contributed by atoms with Crippen LogP contribution >= 0.6 is 11.6 Å². The third-order valence-electron chi connectivity index (χ3n) is 2.89. The maximum absolute atomic E-state index is 11.7. The van der Waals surface area contributed by atoms with Gasteiger partial charge in [0.15, 0.2) is 0 Å². The van der Waals surface area contributed by atoms with Crippen LogP contribution in [0.3, 0.4) is 0 Å². The molecule has 17 heavy (non-hydrogen) atoms. The molecule has 0 aliphatic carbocycles. The summed E-state index contributed by atoms with van der Waals surface area (Å²) in [7, 11) is 0. The van der Waals surface area contributed by atoms with Crippen LogP contribution in [0.4, 0.5) is 4.79 Å². The van der Waals surface area contributed by atoms with Gasteiger partial charge in [0, 0.05) is 18.0 Å². The van der Waals surface area contributed by atoms with E-state index in [4.69, 9.17) is 11.6 Å². The van der Waals surface area contributed by atoms with Gasteiger partial charge in [-0.15, -0.1) is 0 Å². The summed E-state index contributed by atoms with van der Waals surface area (Å²) in [5.74, 6) is -0.218. The Kier molecular flexibility index (Phi) is 3.33. The summed E-state index contributed by atoms with van der Waals surface area (Å²) in [6.45, 7) is 2.36. The zero-order valence-electron chi connectivity index (χ0n) is 9.44. The van der Waals surface area contributed by atoms with Crippen LogP contribution in [-0.2, 0) is 4.79 Å². The molecule has 1 saturated heterocycles. The minimum atomic E-state index is -0.339. The molecule has 1 aromatic carbocycles. The van der Waals surface area contributed by atoms with Gasteiger partial charge in [-0.3, -0.25) is 10.1 Å². The van der Waals surface area contributed by atoms with E-state index in [2.05, 4.69) is 5.32 Å². The van der Waals surface area contributed by atoms with Crippen LogP contribution in [-0.4, -0.2) is 23.4 Å². The highest BCUT2D eigenvalue weighted by molar-refractivity contribution is 6.30. The van der Waals surface area contributed by atoms with Crippen molar-refractivity contribution >= 4 is 23.5 Å². The lowest BCUT2D eigenvalue weighted by molar-refractivity contribution is -0.121. The number of urea groups is 1. The molecule has 0 radical (unpaired) electrons. The van der Waals surface area contributed by atoms with Crippen molar-refractivity contribution in [3.8, 4) is 0 Å². The minimum Gasteiger partial charge on any atom is -0.317 e. The molecule has 1 N–H and O–H groups in total. The Morgan fingerprint density at radius 3 is 2.82 bits per heavy atom. The van der Waals surface area contributed by atoms with Crippen molar-refractivity contribution in [1.82, 2.24) is 10.2 Å². The van der Waals surface area contributed by atoms with Crippen molar-refractivity contribution in [2.45, 2.75) is 19.4 Å². The summed E-state index contributed by atoms with van der Waals surface area (Å²) in [5, 5.41) is 2.95. The Morgan fingerprint density at radius 2 is 2.18 bits per heavy atom. The van der Waals surface area contributed by atoms with Crippen LogP contribution < -0.4 is 5.32 Å². The molecule has 2 rings (SSSR count). The summed E-state index contributed by atoms with van der Waals surface area (Å²) >= 11 is 5.91. The summed E-state index contributed by atoms with van der Waals surface area (Å²) in [6.07, 6.45) is 0.344. The smallest absolute Gasteiger partial charge is 0.317 e. The van der Waals surface area contributed by atoms with Gasteiger partial charge in [0.25, 0.3) is 0 Å². The summed E-state index contributed by atoms with van der Waals surface area (Å²) < 4.78 is 0. The first-order chi connectivity index (χ1) is 8.08. The van der Waals surface area contributed by atoms with Crippen molar-refractivity contribution in [3.63, 3.8) is 0 Å². The second kappa shape index (κ2) is 4.75. The maximum atomic E-state index is 11.7. The molecule has 1 aromatic rings. The summed E-state index contributed by atoms with van der Waals surface area (Å²) in [4.78, 5) is 24.3. The highest BCUT2D eigenvalue weighted by atomic mass is 35.5. The molecule has 0 aromatic heterocycles. The van der Waals surface area contributed by atoms with Gasteiger partial charge in [-0.1, -0.05) is 23.7 Å². The van der Waals surface area contributed by atoms with Gasteiger partial charge in [0.2, 0.25) is 5.91 Å². The zero-order chi connectivity index (χ0) is 12.4. The normalized spacial score (nSPS) is 17.9. The fourth-order valence-corrected chi connectivity index (χ4v) is 2.09. The molecule has 4 nitrogen and oxygen atoms in total. The van der Waals surface area contributed by atoms with Crippen LogP contribution in [0.1, 0.15) is 24.9 Å². The molecule has 1 atom stereocenters. The van der Waals surface area contributed by atoms with E-state index in [1.165, 1.54) is 0 Å². The molecule has 0 spiro atoms. The van der Waals surface area contributed by atoms with Crippen LogP contribution in [0.25, 0.3) is 0 Å². The molecule has 1 unspecified atom stereocenters. The van der Waals surface area contributed by atoms with Crippen LogP contribution in [0, 0.1) is 0 Å². The molecule has 1 heterocycles. The van der Waals surface area contributed by atoms with E-state index in [0.717, 1.165) is 5.56 Å². The van der Waals surface area contributed by atoms with Crippen molar-refractivity contribution in [2.24, 2.45) is 0 Å². The Labute approximate surface area is 105 Å². The van der Waals surface area contributed by atoms with Crippen LogP contribution in [0.15, 0.2) is 24.3 Å². The maximum Gasteiger partial charge on any atom is 0.324 e. The van der Waals surface area contributed by atoms with E-state index in [1.807, 2.05) is 25.1 Å². The number of amides is 3. The van der Waals surface area contributed by atoms with Crippen LogP contribution in [0.5, 0.6) is 0 Å². The first-order valence-electron chi connectivity index (χ1n) is 5.44. The summed E-state index contributed by atoms with van der Waals surface area (Å²) in [5.41, 5.74) is 0.960. The SMILES string of the molecule is CC(c1cccc(Cl)c1)N1CCC(=O)NC1=O. The lowest BCUT2D eigenvalue weighted by Crippen LogP contribution is -2.50. The monoisotopic (exact) mass is 252 g/mol. The Morgan fingerprint density at radius 1 is 1.41 bits per heavy atom. The van der Waals surface area contributed by atoms with Crippen molar-refractivity contribution in [1.29, 1.82) is 0 Å². The number of halogens is 1. The number of benzene rings is 1. The number of imide groups is 1. The van der Waals surface area contributed by atoms with Gasteiger partial charge in [-0.2, -0.15) is 0 Å². The van der Waals surface area contributed by atoms with Gasteiger partial charge in [0.1, 0.15) is 0 Å². The molecule has 90 valence electrons. The van der Waals surface area contributed by atoms with Gasteiger partial charge >= 0.3 is 6.03 Å². The van der Waals surface area contributed by atoms with Crippen molar-refractivity contribution in [2.75, 3.05) is 6.54 Å². The number of hydrogen-bond acceptors (Lipinski definition) is 2. The molecule has 1 aliphatic heterocycles. The fraction of sp³-hybridized carbons (Fsp3) is 0.333. The predicted molar refractivity (Wildman–Crippen MR) is 64.7 cm³/mol. The predicted octanol–water partition coefficient (Wildman–Crippen LogP) is 2.34. The molecule has 1 fully saturated rings. The van der Waals surface area contributed by atoms with E-state index >= 15 is 0 Å². The number of nitrogens with zero attached hydrogens (tertiary/aromatic N) is 1. The van der Waals surface area contributed by atoms with E-state index in [9.17, 15) is 9.59 Å². The lowest BCUT2D eigenvalue weighted by Gasteiger charge is -2.32. The van der Waals surface area contributed by atoms with Gasteiger partial charge < -0.3 is 4.90 Å². The minimum absolute atomic E-state index is 0.0956. The number of nitrogens with one attached hydrogen (secondary N) is 1. The van der Waals surface area contributed by atoms with Crippen molar-refractivity contribution in [3.05, 3.63) is 34.9 Å². The Hall–Kier alpha value is -1.55. The van der Waals surface area contributed by atoms with E-state index in [0.29, 0.717) is 18.0 Å². The quantitative estimate of drug-likeness (QED) is 0.878. The third-order valence-corrected chi connectivity index (χ3v) is 3.12. The number of carbonyl (C=O) groups excluding carboxylic acids is 2. The van der Waals surface area contributed by atoms with Crippen molar-refractivity contribution < 1.29 is 9.59 Å². The molecular weight excluding hydrogens is 240 g/mol. The second-order valence-electron chi connectivity index (χ2n) is 4.03. The topological polar surface area (TPSA) is 49.4 Å². The number of hydrogen-bond donors (Lipinski definition) is 1. The van der Waals surface area contributed by atoms with Gasteiger partial charge in [-0.25, -0.2) is 4.79 Å². The highest BCUT2D eigenvalue weighted by Crippen LogP contribution is 2.24. The molecule has 0 saturated carbocycles. The highest BCUT2D eigenvalue weighted by Gasteiger charge is 2.27. The zero-order valence-corrected chi connectivity index (χ0v) is 10.2. The summed E-state index contributed by atoms with van der Waals surface area (Å²) in [6, 6.07) is 6.95. The van der Waals surface area contributed by atoms with Crippen LogP contribution in [0.2, 0.25) is 5.02 Å². The Bertz CT molecular complexity index is 462. The fourth-order valence-electron chi connectivity index (χ4n) is 1.89. The second-order valence-corrected chi connectivity index (χ2v) is 4.46. The Balaban J connectivity index is 2.17. The largest absolute Gasteiger partial charge is 0.324 e. The van der Waals surface area contributed by atoms with E-state index < -0.39 is 0 Å². The van der Waals surface area contributed by atoms with E-state index in [-0.39, 0.29) is 18.0 Å². The molecule has 0 bridgehead atoms. The lowest BCUT2D eigenvalue weighted by atomic mass is 10.1. The first kappa shape index (κ1) is 11.9. The molecule has 1 aliphatic rings. The van der Waals surface area contributed by atoms with Gasteiger partial charge in [0.05, 0.1) is 6.04 Å². The van der Waals surface area contributed by atoms with Gasteiger partial charge in [-0.05, 0) is 24.6 Å². The van der Waals surface area contributed by atoms with E-state index in [1.54, 1.807) is 11.0 Å². The number of carbonyl (C=O) groups is 2. The standard InChI is InChI=1S/C12H13ClN2O2/c1-8(9-3-2-4-10(13)7-9)15-6-5-11(16)14-12(15)17/h2-4,7-8H,5-6H2,1H3,(H,14,16,17). The average molecular weight is 253 g/mol. The molecule has 5 heteroatoms. The first-order valence-corrected chi connectivity index (χ1v) is 5.81. The number of rotatable bonds is 2. The third kappa shape index (κ3) is 2.58. The average Bonchev–Trinajstić information content (AvgIpc) is 2.28. The molecular formula is C12H13ClN2O2. The molecule has 3 amide bonds.